The fourth-order valence-corrected chi connectivity index (χ4v) is 5.14. The average molecular weight is 395 g/mol. The van der Waals surface area contributed by atoms with Gasteiger partial charge in [0, 0.05) is 24.2 Å². The van der Waals surface area contributed by atoms with Gasteiger partial charge < -0.3 is 5.11 Å². The van der Waals surface area contributed by atoms with E-state index in [1.807, 2.05) is 0 Å². The van der Waals surface area contributed by atoms with E-state index in [-0.39, 0.29) is 22.5 Å². The summed E-state index contributed by atoms with van der Waals surface area (Å²) in [5.74, 6) is -0.890. The minimum absolute atomic E-state index is 0.0435. The summed E-state index contributed by atoms with van der Waals surface area (Å²) >= 11 is 11.9. The van der Waals surface area contributed by atoms with E-state index in [1.54, 1.807) is 11.9 Å². The number of carboxylic acids is 1. The van der Waals surface area contributed by atoms with Gasteiger partial charge in [-0.25, -0.2) is 8.42 Å². The molecule has 0 spiro atoms. The molecule has 1 aliphatic heterocycles. The van der Waals surface area contributed by atoms with Gasteiger partial charge in [-0.3, -0.25) is 9.69 Å². The lowest BCUT2D eigenvalue weighted by molar-refractivity contribution is -0.138. The van der Waals surface area contributed by atoms with Crippen molar-refractivity contribution in [2.75, 3.05) is 26.7 Å². The third-order valence-corrected chi connectivity index (χ3v) is 6.79. The number of carbonyl (C=O) groups is 1. The second-order valence-electron chi connectivity index (χ2n) is 5.87. The van der Waals surface area contributed by atoms with E-state index in [1.165, 1.54) is 22.5 Å². The zero-order valence-corrected chi connectivity index (χ0v) is 15.6. The lowest BCUT2D eigenvalue weighted by Crippen LogP contribution is -2.37. The molecule has 1 fully saturated rings. The van der Waals surface area contributed by atoms with Crippen molar-refractivity contribution in [2.45, 2.75) is 30.2 Å². The lowest BCUT2D eigenvalue weighted by atomic mass is 10.1. The van der Waals surface area contributed by atoms with Gasteiger partial charge >= 0.3 is 5.97 Å². The molecular weight excluding hydrogens is 375 g/mol. The third-order valence-electron chi connectivity index (χ3n) is 4.18. The molecule has 1 atom stereocenters. The maximum absolute atomic E-state index is 12.8. The van der Waals surface area contributed by atoms with Crippen LogP contribution in [0, 0.1) is 0 Å². The molecule has 1 heterocycles. The topological polar surface area (TPSA) is 77.9 Å². The van der Waals surface area contributed by atoms with Gasteiger partial charge in [0.05, 0.1) is 11.6 Å². The van der Waals surface area contributed by atoms with E-state index < -0.39 is 16.0 Å². The second kappa shape index (κ2) is 8.01. The number of aliphatic carboxylic acids is 1. The highest BCUT2D eigenvalue weighted by molar-refractivity contribution is 7.89. The molecular formula is C15H20Cl2N2O4S. The van der Waals surface area contributed by atoms with Crippen molar-refractivity contribution < 1.29 is 18.3 Å². The molecule has 1 aromatic rings. The van der Waals surface area contributed by atoms with Crippen molar-refractivity contribution in [3.8, 4) is 0 Å². The molecule has 0 saturated carbocycles. The van der Waals surface area contributed by atoms with Gasteiger partial charge in [0.2, 0.25) is 10.0 Å². The van der Waals surface area contributed by atoms with Crippen LogP contribution in [0.25, 0.3) is 0 Å². The van der Waals surface area contributed by atoms with Crippen LogP contribution in [0.3, 0.4) is 0 Å². The Balaban J connectivity index is 2.14. The Morgan fingerprint density at radius 3 is 2.67 bits per heavy atom. The monoisotopic (exact) mass is 394 g/mol. The number of carboxylic acid groups (broad SMARTS) is 1. The second-order valence-corrected chi connectivity index (χ2v) is 8.62. The summed E-state index contributed by atoms with van der Waals surface area (Å²) in [6.07, 6.45) is 2.00. The first kappa shape index (κ1) is 19.5. The number of halogens is 2. The molecule has 2 rings (SSSR count). The van der Waals surface area contributed by atoms with Crippen LogP contribution >= 0.6 is 23.2 Å². The van der Waals surface area contributed by atoms with Crippen LogP contribution in [-0.2, 0) is 14.8 Å². The molecule has 0 aromatic heterocycles. The first-order chi connectivity index (χ1) is 11.2. The fraction of sp³-hybridized carbons (Fsp3) is 0.533. The van der Waals surface area contributed by atoms with E-state index in [0.717, 1.165) is 6.42 Å². The Labute approximate surface area is 152 Å². The largest absolute Gasteiger partial charge is 0.480 e. The summed E-state index contributed by atoms with van der Waals surface area (Å²) in [4.78, 5) is 12.6. The Kier molecular flexibility index (Phi) is 6.50. The SMILES string of the molecule is CN(CC(=O)O)C1CCCN(S(=O)(=O)c2ccc(Cl)cc2Cl)CC1. The summed E-state index contributed by atoms with van der Waals surface area (Å²) in [6, 6.07) is 4.37. The summed E-state index contributed by atoms with van der Waals surface area (Å²) < 4.78 is 27.0. The number of hydrogen-bond acceptors (Lipinski definition) is 4. The summed E-state index contributed by atoms with van der Waals surface area (Å²) in [5.41, 5.74) is 0. The summed E-state index contributed by atoms with van der Waals surface area (Å²) in [7, 11) is -1.95. The van der Waals surface area contributed by atoms with Crippen molar-refractivity contribution in [2.24, 2.45) is 0 Å². The van der Waals surface area contributed by atoms with Crippen molar-refractivity contribution in [1.82, 2.24) is 9.21 Å². The molecule has 0 aliphatic carbocycles. The number of nitrogens with zero attached hydrogens (tertiary/aromatic N) is 2. The smallest absolute Gasteiger partial charge is 0.317 e. The van der Waals surface area contributed by atoms with Crippen molar-refractivity contribution in [3.05, 3.63) is 28.2 Å². The van der Waals surface area contributed by atoms with E-state index in [9.17, 15) is 13.2 Å². The van der Waals surface area contributed by atoms with Crippen LogP contribution in [-0.4, -0.2) is 61.4 Å². The standard InChI is InChI=1S/C15H20Cl2N2O4S/c1-18(10-15(20)21)12-3-2-7-19(8-6-12)24(22,23)14-5-4-11(16)9-13(14)17/h4-5,9,12H,2-3,6-8,10H2,1H3,(H,20,21). The van der Waals surface area contributed by atoms with Gasteiger partial charge in [-0.05, 0) is 44.5 Å². The fourth-order valence-electron chi connectivity index (χ4n) is 2.90. The average Bonchev–Trinajstić information content (AvgIpc) is 2.72. The van der Waals surface area contributed by atoms with Gasteiger partial charge in [0.15, 0.2) is 0 Å². The van der Waals surface area contributed by atoms with Crippen LogP contribution in [0.4, 0.5) is 0 Å². The highest BCUT2D eigenvalue weighted by atomic mass is 35.5. The van der Waals surface area contributed by atoms with Gasteiger partial charge in [0.25, 0.3) is 0 Å². The Hall–Kier alpha value is -0.860. The molecule has 9 heteroatoms. The molecule has 1 aliphatic rings. The van der Waals surface area contributed by atoms with E-state index in [2.05, 4.69) is 0 Å². The molecule has 1 unspecified atom stereocenters. The summed E-state index contributed by atoms with van der Waals surface area (Å²) in [6.45, 7) is 0.662. The normalized spacial score (nSPS) is 20.1. The molecule has 0 radical (unpaired) electrons. The van der Waals surface area contributed by atoms with Crippen molar-refractivity contribution in [1.29, 1.82) is 0 Å². The number of likely N-dealkylation sites (N-methyl/N-ethyl adjacent to an activating group) is 1. The maximum atomic E-state index is 12.8. The Bertz CT molecular complexity index is 711. The van der Waals surface area contributed by atoms with Gasteiger partial charge in [0.1, 0.15) is 4.90 Å². The molecule has 1 saturated heterocycles. The summed E-state index contributed by atoms with van der Waals surface area (Å²) in [5, 5.41) is 9.38. The Morgan fingerprint density at radius 1 is 1.33 bits per heavy atom. The van der Waals surface area contributed by atoms with Crippen molar-refractivity contribution in [3.63, 3.8) is 0 Å². The number of rotatable bonds is 5. The first-order valence-electron chi connectivity index (χ1n) is 7.59. The van der Waals surface area contributed by atoms with Crippen molar-refractivity contribution >= 4 is 39.2 Å². The van der Waals surface area contributed by atoms with E-state index in [0.29, 0.717) is 31.0 Å². The zero-order chi connectivity index (χ0) is 17.9. The quantitative estimate of drug-likeness (QED) is 0.829. The highest BCUT2D eigenvalue weighted by Gasteiger charge is 2.30. The van der Waals surface area contributed by atoms with Gasteiger partial charge in [-0.2, -0.15) is 4.31 Å². The number of sulfonamides is 1. The van der Waals surface area contributed by atoms with Crippen LogP contribution in [0.5, 0.6) is 0 Å². The van der Waals surface area contributed by atoms with Crippen LogP contribution in [0.1, 0.15) is 19.3 Å². The minimum atomic E-state index is -3.70. The molecule has 1 aromatic carbocycles. The maximum Gasteiger partial charge on any atom is 0.317 e. The highest BCUT2D eigenvalue weighted by Crippen LogP contribution is 2.29. The van der Waals surface area contributed by atoms with Gasteiger partial charge in [-0.15, -0.1) is 0 Å². The molecule has 0 bridgehead atoms. The third kappa shape index (κ3) is 4.61. The van der Waals surface area contributed by atoms with Crippen LogP contribution < -0.4 is 0 Å². The molecule has 0 amide bonds. The van der Waals surface area contributed by atoms with Gasteiger partial charge in [-0.1, -0.05) is 23.2 Å². The van der Waals surface area contributed by atoms with Crippen LogP contribution in [0.15, 0.2) is 23.1 Å². The molecule has 6 nitrogen and oxygen atoms in total. The Morgan fingerprint density at radius 2 is 2.04 bits per heavy atom. The lowest BCUT2D eigenvalue weighted by Gasteiger charge is -2.25. The zero-order valence-electron chi connectivity index (χ0n) is 13.3. The molecule has 24 heavy (non-hydrogen) atoms. The molecule has 1 N–H and O–H groups in total. The van der Waals surface area contributed by atoms with Crippen LogP contribution in [0.2, 0.25) is 10.0 Å². The molecule has 134 valence electrons. The predicted molar refractivity (Wildman–Crippen MR) is 93.1 cm³/mol. The predicted octanol–water partition coefficient (Wildman–Crippen LogP) is 2.55. The first-order valence-corrected chi connectivity index (χ1v) is 9.78. The van der Waals surface area contributed by atoms with E-state index >= 15 is 0 Å². The van der Waals surface area contributed by atoms with E-state index in [4.69, 9.17) is 28.3 Å². The minimum Gasteiger partial charge on any atom is -0.480 e. The number of benzene rings is 1. The number of hydrogen-bond donors (Lipinski definition) is 1.